The monoisotopic (exact) mass is 1380 g/mol. The van der Waals surface area contributed by atoms with Crippen molar-refractivity contribution in [2.24, 2.45) is 56.2 Å². The second kappa shape index (κ2) is 23.7. The van der Waals surface area contributed by atoms with Crippen LogP contribution in [-0.2, 0) is 18.9 Å². The van der Waals surface area contributed by atoms with E-state index in [-0.39, 0.29) is 88.9 Å². The lowest BCUT2D eigenvalue weighted by Crippen LogP contribution is -2.75. The van der Waals surface area contributed by atoms with E-state index in [1.165, 1.54) is 34.6 Å². The zero-order valence-electron chi connectivity index (χ0n) is 54.1. The summed E-state index contributed by atoms with van der Waals surface area (Å²) in [6.45, 7) is 23.3. The predicted octanol–water partition coefficient (Wildman–Crippen LogP) is 23.1. The second-order valence-electron chi connectivity index (χ2n) is 32.1. The summed E-state index contributed by atoms with van der Waals surface area (Å²) in [7, 11) is 0. The van der Waals surface area contributed by atoms with Gasteiger partial charge >= 0.3 is 49.4 Å². The van der Waals surface area contributed by atoms with Crippen LogP contribution < -0.4 is 0 Å². The first kappa shape index (κ1) is 78.6. The fourth-order valence-corrected chi connectivity index (χ4v) is 19.6. The Bertz CT molecular complexity index is 2520. The maximum Gasteiger partial charge on any atom is 0.427 e. The minimum Gasteiger partial charge on any atom is -0.352 e. The van der Waals surface area contributed by atoms with Crippen molar-refractivity contribution >= 4 is 0 Å². The van der Waals surface area contributed by atoms with Gasteiger partial charge in [0.05, 0.1) is 22.4 Å². The van der Waals surface area contributed by atoms with E-state index in [2.05, 4.69) is 17.9 Å². The second-order valence-corrected chi connectivity index (χ2v) is 32.1. The van der Waals surface area contributed by atoms with E-state index >= 15 is 26.3 Å². The van der Waals surface area contributed by atoms with Gasteiger partial charge in [0.1, 0.15) is 0 Å². The number of halogens is 24. The lowest BCUT2D eigenvalue weighted by molar-refractivity contribution is -0.449. The van der Waals surface area contributed by atoms with Crippen LogP contribution in [0.15, 0.2) is 25.3 Å². The fourth-order valence-electron chi connectivity index (χ4n) is 19.6. The molecule has 0 aromatic heterocycles. The lowest BCUT2D eigenvalue weighted by atomic mass is 9.35. The quantitative estimate of drug-likeness (QED) is 0.153. The predicted molar refractivity (Wildman–Crippen MR) is 293 cm³/mol. The van der Waals surface area contributed by atoms with E-state index in [1.54, 1.807) is 33.8 Å². The molecule has 92 heavy (non-hydrogen) atoms. The molecule has 10 fully saturated rings. The molecule has 10 aliphatic rings. The van der Waals surface area contributed by atoms with E-state index in [1.807, 2.05) is 0 Å². The van der Waals surface area contributed by atoms with Gasteiger partial charge in [-0.3, -0.25) is 0 Å². The molecular formula is C64H90F24O4. The summed E-state index contributed by atoms with van der Waals surface area (Å²) in [5.41, 5.74) is -32.8. The highest BCUT2D eigenvalue weighted by Crippen LogP contribution is 2.79. The highest BCUT2D eigenvalue weighted by molar-refractivity contribution is 5.24. The topological polar surface area (TPSA) is 36.9 Å². The molecule has 4 nitrogen and oxygen atoms in total. The number of rotatable bonds is 11. The van der Waals surface area contributed by atoms with Crippen LogP contribution in [0.2, 0.25) is 0 Å². The molecule has 28 heteroatoms. The van der Waals surface area contributed by atoms with Gasteiger partial charge in [0.25, 0.3) is 22.4 Å². The highest BCUT2D eigenvalue weighted by atomic mass is 19.4. The third kappa shape index (κ3) is 13.3. The Morgan fingerprint density at radius 2 is 0.728 bits per heavy atom. The van der Waals surface area contributed by atoms with Crippen LogP contribution in [0, 0.1) is 56.2 Å². The first-order valence-electron chi connectivity index (χ1n) is 31.4. The molecule has 0 aromatic carbocycles. The summed E-state index contributed by atoms with van der Waals surface area (Å²) in [6.07, 6.45) is -44.0. The van der Waals surface area contributed by atoms with Crippen molar-refractivity contribution < 1.29 is 124 Å². The number of alkyl halides is 24. The molecule has 0 spiro atoms. The SMILES string of the molecule is C=CC1(C)CCCCC(C(F)(F)F)(C(F)(F)F)O1.C=CC12CC3CC(C1)CC(C(OC(C)(C)C)(C(F)(F)F)C(F)(F)F)(C3)C2.CCC(C)(CC(C)(C)C12CC3CC(C1)CC(C(OC(C)(C)C)(C(F)(F)F)C(F)(F)F)(C3)C2)C1(C)CCCCC(C(F)(F)F)(C(F)(F)F)O1. The van der Waals surface area contributed by atoms with Crippen LogP contribution in [0.5, 0.6) is 0 Å². The summed E-state index contributed by atoms with van der Waals surface area (Å²) in [5.74, 6) is -1.25. The summed E-state index contributed by atoms with van der Waals surface area (Å²) >= 11 is 0. The first-order chi connectivity index (χ1) is 40.8. The Kier molecular flexibility index (Phi) is 20.2. The highest BCUT2D eigenvalue weighted by Gasteiger charge is 2.87. The molecule has 7 atom stereocenters. The Labute approximate surface area is 523 Å². The Morgan fingerprint density at radius 1 is 0.413 bits per heavy atom. The van der Waals surface area contributed by atoms with E-state index in [9.17, 15) is 79.0 Å². The molecular weight excluding hydrogens is 1290 g/mol. The molecule has 2 aliphatic heterocycles. The van der Waals surface area contributed by atoms with Gasteiger partial charge in [-0.2, -0.15) is 105 Å². The number of ether oxygens (including phenoxy) is 4. The summed E-state index contributed by atoms with van der Waals surface area (Å²) in [5, 5.41) is 0. The minimum atomic E-state index is -5.83. The molecule has 0 amide bonds. The average molecular weight is 1380 g/mol. The molecule has 0 N–H and O–H groups in total. The third-order valence-corrected chi connectivity index (χ3v) is 22.9. The zero-order valence-corrected chi connectivity index (χ0v) is 54.1. The van der Waals surface area contributed by atoms with Gasteiger partial charge in [-0.25, -0.2) is 0 Å². The summed E-state index contributed by atoms with van der Waals surface area (Å²) in [6, 6.07) is 0. The van der Waals surface area contributed by atoms with Crippen molar-refractivity contribution in [3.8, 4) is 0 Å². The molecule has 0 radical (unpaired) electrons. The molecule has 2 saturated heterocycles. The van der Waals surface area contributed by atoms with Gasteiger partial charge in [-0.1, -0.05) is 52.7 Å². The number of hydrogen-bond acceptors (Lipinski definition) is 4. The van der Waals surface area contributed by atoms with Crippen LogP contribution in [0.1, 0.15) is 224 Å². The zero-order chi connectivity index (χ0) is 71.1. The lowest BCUT2D eigenvalue weighted by Gasteiger charge is -2.71. The molecule has 0 aromatic rings. The Morgan fingerprint density at radius 3 is 1.04 bits per heavy atom. The third-order valence-electron chi connectivity index (χ3n) is 22.9. The molecule has 7 unspecified atom stereocenters. The number of hydrogen-bond donors (Lipinski definition) is 0. The molecule has 10 rings (SSSR count). The molecule has 8 bridgehead atoms. The Balaban J connectivity index is 0.000000253. The molecule has 8 aliphatic carbocycles. The van der Waals surface area contributed by atoms with Gasteiger partial charge in [-0.05, 0) is 229 Å². The van der Waals surface area contributed by atoms with E-state index in [4.69, 9.17) is 14.2 Å². The standard InChI is InChI=1S/C34H50F12O2.C19H26F6O.C11H14F6O/c1-9-25(7,26(8)12-10-11-13-29(48-26,31(35,36)37)32(38,39)40)19-24(5,6)27-15-21-14-22(16-27)18-28(17-21,20-27)30(33(41,42)43,34(44,45)46)47-23(2,3)4;1-5-15-7-12-6-13(8-15)10-16(9-12,11-15)17(18(20,21)22,19(23,24)25)26-14(2,3)4;1-3-8(2)6-4-5-7-9(18-8,10(12,13)14)11(15,16)17/h21-22H,9-20H2,1-8H3;5,12-13H,1,6-11H2,2-4H3;3H,1,4-7H2,2H3. The van der Waals surface area contributed by atoms with Crippen molar-refractivity contribution in [1.29, 1.82) is 0 Å². The van der Waals surface area contributed by atoms with Crippen LogP contribution in [0.3, 0.4) is 0 Å². The number of allylic oxidation sites excluding steroid dienone is 1. The van der Waals surface area contributed by atoms with E-state index in [0.717, 1.165) is 26.8 Å². The van der Waals surface area contributed by atoms with Crippen molar-refractivity contribution in [1.82, 2.24) is 0 Å². The van der Waals surface area contributed by atoms with Crippen molar-refractivity contribution in [3.63, 3.8) is 0 Å². The molecule has 2 heterocycles. The maximum absolute atomic E-state index is 15.2. The van der Waals surface area contributed by atoms with E-state index < -0.39 is 164 Å². The van der Waals surface area contributed by atoms with Crippen molar-refractivity contribution in [2.45, 2.75) is 319 Å². The Hall–Kier alpha value is -2.36. The van der Waals surface area contributed by atoms with Crippen LogP contribution >= 0.6 is 0 Å². The van der Waals surface area contributed by atoms with Gasteiger partial charge in [0, 0.05) is 10.8 Å². The normalized spacial score (nSPS) is 34.8. The van der Waals surface area contributed by atoms with Crippen LogP contribution in [0.4, 0.5) is 105 Å². The van der Waals surface area contributed by atoms with Gasteiger partial charge in [0.2, 0.25) is 0 Å². The van der Waals surface area contributed by atoms with E-state index in [0.29, 0.717) is 38.5 Å². The first-order valence-corrected chi connectivity index (χ1v) is 31.4. The molecule has 8 saturated carbocycles. The van der Waals surface area contributed by atoms with Gasteiger partial charge < -0.3 is 18.9 Å². The summed E-state index contributed by atoms with van der Waals surface area (Å²) < 4.78 is 361. The van der Waals surface area contributed by atoms with Crippen LogP contribution in [0.25, 0.3) is 0 Å². The van der Waals surface area contributed by atoms with Crippen molar-refractivity contribution in [3.05, 3.63) is 25.3 Å². The summed E-state index contributed by atoms with van der Waals surface area (Å²) in [4.78, 5) is 0. The average Bonchev–Trinajstić information content (AvgIpc) is 0.746. The van der Waals surface area contributed by atoms with Gasteiger partial charge in [0.15, 0.2) is 0 Å². The fraction of sp³-hybridized carbons (Fsp3) is 0.938. The smallest absolute Gasteiger partial charge is 0.352 e. The maximum atomic E-state index is 15.2. The van der Waals surface area contributed by atoms with Crippen LogP contribution in [-0.4, -0.2) is 94.2 Å². The molecule has 538 valence electrons. The minimum absolute atomic E-state index is 0.0165. The van der Waals surface area contributed by atoms with Gasteiger partial charge in [-0.15, -0.1) is 13.2 Å². The largest absolute Gasteiger partial charge is 0.427 e. The van der Waals surface area contributed by atoms with Crippen molar-refractivity contribution in [2.75, 3.05) is 0 Å².